The van der Waals surface area contributed by atoms with E-state index >= 15 is 0 Å². The minimum Gasteiger partial charge on any atom is -0.381 e. The lowest BCUT2D eigenvalue weighted by Gasteiger charge is -2.41. The number of carbonyl (C=O) groups is 2. The topological polar surface area (TPSA) is 136 Å². The molecule has 2 fully saturated rings. The molecule has 3 aliphatic rings. The van der Waals surface area contributed by atoms with Crippen molar-refractivity contribution in [2.45, 2.75) is 28.8 Å². The van der Waals surface area contributed by atoms with Gasteiger partial charge < -0.3 is 26.4 Å². The average molecular weight is 427 g/mol. The molecule has 30 heavy (non-hydrogen) atoms. The first-order valence-electron chi connectivity index (χ1n) is 9.84. The van der Waals surface area contributed by atoms with Gasteiger partial charge in [0.15, 0.2) is 5.82 Å². The summed E-state index contributed by atoms with van der Waals surface area (Å²) in [5.74, 6) is -0.151. The molecule has 5 N–H and O–H groups in total. The summed E-state index contributed by atoms with van der Waals surface area (Å²) >= 11 is 1.23. The second kappa shape index (κ2) is 7.22. The van der Waals surface area contributed by atoms with Crippen molar-refractivity contribution >= 4 is 40.8 Å². The van der Waals surface area contributed by atoms with E-state index in [0.29, 0.717) is 33.6 Å². The minimum atomic E-state index is -0.622. The number of ketones is 1. The summed E-state index contributed by atoms with van der Waals surface area (Å²) in [7, 11) is 0. The van der Waals surface area contributed by atoms with Crippen molar-refractivity contribution in [2.75, 3.05) is 42.3 Å². The van der Waals surface area contributed by atoms with Gasteiger partial charge in [0.1, 0.15) is 10.8 Å². The number of carbonyl (C=O) groups excluding carboxylic acids is 2. The lowest BCUT2D eigenvalue weighted by atomic mass is 9.75. The van der Waals surface area contributed by atoms with Crippen LogP contribution in [0.3, 0.4) is 0 Å². The monoisotopic (exact) mass is 426 g/mol. The number of aromatic nitrogens is 2. The van der Waals surface area contributed by atoms with Crippen LogP contribution in [0.1, 0.15) is 23.2 Å². The van der Waals surface area contributed by atoms with E-state index < -0.39 is 11.7 Å². The predicted molar refractivity (Wildman–Crippen MR) is 113 cm³/mol. The van der Waals surface area contributed by atoms with Crippen molar-refractivity contribution in [3.63, 3.8) is 0 Å². The Morgan fingerprint density at radius 1 is 1.27 bits per heavy atom. The van der Waals surface area contributed by atoms with Crippen molar-refractivity contribution in [3.8, 4) is 0 Å². The summed E-state index contributed by atoms with van der Waals surface area (Å²) in [4.78, 5) is 35.7. The number of nitrogens with one attached hydrogen (secondary N) is 1. The zero-order valence-electron chi connectivity index (χ0n) is 16.3. The lowest BCUT2D eigenvalue weighted by Crippen LogP contribution is -2.49. The highest BCUT2D eigenvalue weighted by Crippen LogP contribution is 2.40. The first-order valence-corrected chi connectivity index (χ1v) is 10.7. The van der Waals surface area contributed by atoms with E-state index in [9.17, 15) is 9.59 Å². The number of anilines is 3. The van der Waals surface area contributed by atoms with E-state index in [0.717, 1.165) is 38.4 Å². The van der Waals surface area contributed by atoms with Crippen molar-refractivity contribution in [1.29, 1.82) is 0 Å². The third-order valence-electron chi connectivity index (χ3n) is 6.22. The number of rotatable bonds is 3. The maximum atomic E-state index is 12.2. The van der Waals surface area contributed by atoms with Crippen LogP contribution < -0.4 is 21.7 Å². The van der Waals surface area contributed by atoms with Crippen LogP contribution in [0.2, 0.25) is 0 Å². The first kappa shape index (κ1) is 19.3. The molecule has 5 rings (SSSR count). The lowest BCUT2D eigenvalue weighted by molar-refractivity contribution is -0.112. The quantitative estimate of drug-likeness (QED) is 0.620. The molecule has 0 bridgehead atoms. The Kier molecular flexibility index (Phi) is 4.64. The van der Waals surface area contributed by atoms with Crippen LogP contribution in [-0.2, 0) is 9.53 Å². The maximum absolute atomic E-state index is 12.2. The van der Waals surface area contributed by atoms with E-state index in [1.54, 1.807) is 24.4 Å². The van der Waals surface area contributed by atoms with Gasteiger partial charge in [0.2, 0.25) is 0 Å². The Bertz CT molecular complexity index is 1040. The van der Waals surface area contributed by atoms with Gasteiger partial charge in [-0.2, -0.15) is 0 Å². The van der Waals surface area contributed by atoms with E-state index in [1.807, 2.05) is 0 Å². The summed E-state index contributed by atoms with van der Waals surface area (Å²) in [6.07, 6.45) is 3.60. The van der Waals surface area contributed by atoms with Crippen LogP contribution in [-0.4, -0.2) is 54.0 Å². The zero-order chi connectivity index (χ0) is 20.9. The first-order chi connectivity index (χ1) is 14.5. The zero-order valence-corrected chi connectivity index (χ0v) is 17.1. The van der Waals surface area contributed by atoms with Gasteiger partial charge in [-0.15, -0.1) is 0 Å². The molecule has 1 spiro atoms. The molecule has 0 unspecified atom stereocenters. The number of nitrogen functional groups attached to an aromatic ring is 1. The fourth-order valence-electron chi connectivity index (χ4n) is 4.33. The molecule has 0 saturated carbocycles. The predicted octanol–water partition coefficient (Wildman–Crippen LogP) is 1.29. The number of fused-ring (bicyclic) bond motifs is 1. The molecule has 4 heterocycles. The molecule has 0 radical (unpaired) electrons. The summed E-state index contributed by atoms with van der Waals surface area (Å²) in [5.41, 5.74) is 13.4. The van der Waals surface area contributed by atoms with Gasteiger partial charge in [0.25, 0.3) is 11.7 Å². The van der Waals surface area contributed by atoms with Crippen molar-refractivity contribution in [3.05, 3.63) is 30.0 Å². The number of Topliss-reactive ketones (excluding diaryl/α,β-unsaturated/α-hetero) is 1. The smallest absolute Gasteiger partial charge is 0.296 e. The Morgan fingerprint density at radius 3 is 2.77 bits per heavy atom. The highest BCUT2D eigenvalue weighted by molar-refractivity contribution is 7.99. The molecule has 1 amide bonds. The third kappa shape index (κ3) is 3.11. The molecule has 2 saturated heterocycles. The van der Waals surface area contributed by atoms with Crippen molar-refractivity contribution in [1.82, 2.24) is 9.97 Å². The van der Waals surface area contributed by atoms with Crippen LogP contribution in [0, 0.1) is 5.41 Å². The second-order valence-corrected chi connectivity index (χ2v) is 8.98. The van der Waals surface area contributed by atoms with Gasteiger partial charge in [-0.25, -0.2) is 9.97 Å². The number of nitrogens with zero attached hydrogens (tertiary/aromatic N) is 3. The van der Waals surface area contributed by atoms with Gasteiger partial charge in [-0.1, -0.05) is 17.8 Å². The molecule has 1 aromatic heterocycles. The summed E-state index contributed by atoms with van der Waals surface area (Å²) in [6.45, 7) is 3.01. The number of amides is 1. The molecule has 3 aliphatic heterocycles. The van der Waals surface area contributed by atoms with Gasteiger partial charge >= 0.3 is 0 Å². The normalized spacial score (nSPS) is 22.4. The molecule has 10 heteroatoms. The second-order valence-electron chi connectivity index (χ2n) is 7.95. The van der Waals surface area contributed by atoms with Crippen LogP contribution in [0.25, 0.3) is 0 Å². The van der Waals surface area contributed by atoms with Gasteiger partial charge in [0.05, 0.1) is 30.7 Å². The Hall–Kier alpha value is -2.69. The number of hydrogen-bond acceptors (Lipinski definition) is 9. The summed E-state index contributed by atoms with van der Waals surface area (Å²) in [6, 6.07) is 5.34. The highest BCUT2D eigenvalue weighted by atomic mass is 32.2. The molecule has 0 aliphatic carbocycles. The average Bonchev–Trinajstić information content (AvgIpc) is 3.24. The largest absolute Gasteiger partial charge is 0.381 e. The molecule has 156 valence electrons. The van der Waals surface area contributed by atoms with Gasteiger partial charge in [-0.3, -0.25) is 9.59 Å². The number of benzene rings is 1. The SMILES string of the molecule is Nc1nc(N2CCC3(CC2)COC[C@H]3N)cnc1Sc1cccc2c1C(=O)C(=O)N2. The standard InChI is InChI=1S/C20H22N6O3S/c21-13-9-29-10-20(13)4-6-26(7-5-20)14-8-23-19(17(22)25-14)30-12-3-1-2-11-15(12)16(27)18(28)24-11/h1-3,8,13H,4-7,9-10,21H2,(H2,22,25)(H,24,27,28)/t13-/m1/s1. The third-order valence-corrected chi connectivity index (χ3v) is 7.29. The van der Waals surface area contributed by atoms with Gasteiger partial charge in [0, 0.05) is 29.4 Å². The van der Waals surface area contributed by atoms with E-state index in [1.165, 1.54) is 11.8 Å². The highest BCUT2D eigenvalue weighted by Gasteiger charge is 2.44. The molecule has 9 nitrogen and oxygen atoms in total. The van der Waals surface area contributed by atoms with Crippen LogP contribution in [0.5, 0.6) is 0 Å². The van der Waals surface area contributed by atoms with Crippen molar-refractivity contribution < 1.29 is 14.3 Å². The molecule has 1 aromatic carbocycles. The molecular formula is C20H22N6O3S. The number of nitrogens with two attached hydrogens (primary N) is 2. The molecule has 2 aromatic rings. The minimum absolute atomic E-state index is 0.0664. The Labute approximate surface area is 177 Å². The van der Waals surface area contributed by atoms with Crippen molar-refractivity contribution in [2.24, 2.45) is 11.1 Å². The van der Waals surface area contributed by atoms with Gasteiger partial charge in [-0.05, 0) is 25.0 Å². The number of hydrogen-bond donors (Lipinski definition) is 3. The maximum Gasteiger partial charge on any atom is 0.296 e. The number of piperidine rings is 1. The van der Waals surface area contributed by atoms with E-state index in [-0.39, 0.29) is 11.5 Å². The Morgan fingerprint density at radius 2 is 2.07 bits per heavy atom. The number of ether oxygens (including phenoxy) is 1. The molecule has 1 atom stereocenters. The fourth-order valence-corrected chi connectivity index (χ4v) is 5.25. The van der Waals surface area contributed by atoms with Crippen LogP contribution in [0.4, 0.5) is 17.3 Å². The van der Waals surface area contributed by atoms with Crippen LogP contribution in [0.15, 0.2) is 34.3 Å². The van der Waals surface area contributed by atoms with E-state index in [4.69, 9.17) is 16.2 Å². The van der Waals surface area contributed by atoms with E-state index in [2.05, 4.69) is 20.2 Å². The summed E-state index contributed by atoms with van der Waals surface area (Å²) in [5, 5.41) is 3.07. The Balaban J connectivity index is 1.33. The fraction of sp³-hybridized carbons (Fsp3) is 0.400. The van der Waals surface area contributed by atoms with Crippen LogP contribution >= 0.6 is 11.8 Å². The summed E-state index contributed by atoms with van der Waals surface area (Å²) < 4.78 is 5.58. The molecular weight excluding hydrogens is 404 g/mol.